The van der Waals surface area contributed by atoms with Crippen LogP contribution >= 0.6 is 0 Å². The van der Waals surface area contributed by atoms with Crippen molar-refractivity contribution in [3.63, 3.8) is 0 Å². The van der Waals surface area contributed by atoms with Gasteiger partial charge in [-0.1, -0.05) is 30.4 Å². The lowest BCUT2D eigenvalue weighted by Gasteiger charge is -2.14. The van der Waals surface area contributed by atoms with E-state index in [-0.39, 0.29) is 0 Å². The molecule has 0 aliphatic carbocycles. The van der Waals surface area contributed by atoms with Gasteiger partial charge >= 0.3 is 0 Å². The van der Waals surface area contributed by atoms with E-state index in [1.165, 1.54) is 6.08 Å². The van der Waals surface area contributed by atoms with Crippen LogP contribution in [-0.4, -0.2) is 10.7 Å². The second-order valence-electron chi connectivity index (χ2n) is 3.01. The fraction of sp³-hybridized carbons (Fsp3) is 0.400. The third-order valence-corrected chi connectivity index (χ3v) is 1.37. The summed E-state index contributed by atoms with van der Waals surface area (Å²) in [6.45, 7) is 10.9. The van der Waals surface area contributed by atoms with E-state index in [1.54, 1.807) is 6.92 Å². The van der Waals surface area contributed by atoms with Crippen molar-refractivity contribution < 1.29 is 5.11 Å². The molecule has 1 N–H and O–H groups in total. The minimum atomic E-state index is -0.786. The molecule has 1 atom stereocenters. The fourth-order valence-electron chi connectivity index (χ4n) is 0.582. The Morgan fingerprint density at radius 2 is 2.18 bits per heavy atom. The molecule has 0 aromatic heterocycles. The molecule has 62 valence electrons. The van der Waals surface area contributed by atoms with E-state index in [0.717, 1.165) is 5.57 Å². The summed E-state index contributed by atoms with van der Waals surface area (Å²) in [4.78, 5) is 0. The van der Waals surface area contributed by atoms with E-state index in [4.69, 9.17) is 0 Å². The third-order valence-electron chi connectivity index (χ3n) is 1.37. The standard InChI is InChI=1S/C10H16O/c1-5-10(4,11)8-6-7-9(2)3/h5-7,11H,1-2,8H2,3-4H3/t10-/m1/s1. The molecule has 0 fully saturated rings. The second-order valence-corrected chi connectivity index (χ2v) is 3.01. The maximum absolute atomic E-state index is 9.44. The van der Waals surface area contributed by atoms with E-state index in [2.05, 4.69) is 13.2 Å². The molecule has 11 heavy (non-hydrogen) atoms. The van der Waals surface area contributed by atoms with E-state index in [0.29, 0.717) is 6.42 Å². The largest absolute Gasteiger partial charge is 0.386 e. The van der Waals surface area contributed by atoms with Gasteiger partial charge in [0.25, 0.3) is 0 Å². The van der Waals surface area contributed by atoms with Gasteiger partial charge < -0.3 is 5.11 Å². The molecule has 0 bridgehead atoms. The molecule has 1 nitrogen and oxygen atoms in total. The van der Waals surface area contributed by atoms with E-state index < -0.39 is 5.60 Å². The number of rotatable bonds is 4. The Morgan fingerprint density at radius 3 is 2.55 bits per heavy atom. The zero-order valence-corrected chi connectivity index (χ0v) is 7.30. The predicted octanol–water partition coefficient (Wildman–Crippen LogP) is 2.45. The first-order valence-electron chi connectivity index (χ1n) is 3.66. The Labute approximate surface area is 68.7 Å². The zero-order valence-electron chi connectivity index (χ0n) is 7.30. The van der Waals surface area contributed by atoms with Gasteiger partial charge in [0, 0.05) is 0 Å². The first kappa shape index (κ1) is 10.2. The van der Waals surface area contributed by atoms with Crippen LogP contribution in [0, 0.1) is 0 Å². The summed E-state index contributed by atoms with van der Waals surface area (Å²) in [5.74, 6) is 0. The zero-order chi connectivity index (χ0) is 8.91. The smallest absolute Gasteiger partial charge is 0.0831 e. The predicted molar refractivity (Wildman–Crippen MR) is 49.4 cm³/mol. The molecule has 0 aliphatic heterocycles. The van der Waals surface area contributed by atoms with Crippen molar-refractivity contribution in [2.24, 2.45) is 0 Å². The van der Waals surface area contributed by atoms with Crippen LogP contribution in [0.5, 0.6) is 0 Å². The quantitative estimate of drug-likeness (QED) is 0.484. The summed E-state index contributed by atoms with van der Waals surface area (Å²) < 4.78 is 0. The Morgan fingerprint density at radius 1 is 1.64 bits per heavy atom. The molecule has 0 aliphatic rings. The molecule has 0 spiro atoms. The van der Waals surface area contributed by atoms with E-state index in [9.17, 15) is 5.11 Å². The Bertz CT molecular complexity index is 175. The minimum absolute atomic E-state index is 0.587. The molecule has 0 radical (unpaired) electrons. The highest BCUT2D eigenvalue weighted by atomic mass is 16.3. The van der Waals surface area contributed by atoms with Crippen molar-refractivity contribution in [1.29, 1.82) is 0 Å². The van der Waals surface area contributed by atoms with Crippen molar-refractivity contribution in [3.8, 4) is 0 Å². The Balaban J connectivity index is 3.87. The second kappa shape index (κ2) is 4.14. The topological polar surface area (TPSA) is 20.2 Å². The van der Waals surface area contributed by atoms with Crippen LogP contribution in [0.4, 0.5) is 0 Å². The summed E-state index contributed by atoms with van der Waals surface area (Å²) in [6.07, 6.45) is 5.90. The van der Waals surface area contributed by atoms with Crippen molar-refractivity contribution in [1.82, 2.24) is 0 Å². The molecular formula is C10H16O. The highest BCUT2D eigenvalue weighted by Gasteiger charge is 2.11. The monoisotopic (exact) mass is 152 g/mol. The highest BCUT2D eigenvalue weighted by molar-refractivity contribution is 5.12. The molecule has 0 unspecified atom stereocenters. The molecule has 0 aromatic rings. The van der Waals surface area contributed by atoms with Gasteiger partial charge in [-0.3, -0.25) is 0 Å². The fourth-order valence-corrected chi connectivity index (χ4v) is 0.582. The normalized spacial score (nSPS) is 16.3. The summed E-state index contributed by atoms with van der Waals surface area (Å²) in [6, 6.07) is 0. The number of hydrogen-bond donors (Lipinski definition) is 1. The Hall–Kier alpha value is -0.820. The van der Waals surface area contributed by atoms with Crippen LogP contribution in [0.2, 0.25) is 0 Å². The number of allylic oxidation sites excluding steroid dienone is 2. The van der Waals surface area contributed by atoms with Gasteiger partial charge in [-0.05, 0) is 20.3 Å². The first-order chi connectivity index (χ1) is 4.98. The lowest BCUT2D eigenvalue weighted by atomic mass is 10.0. The van der Waals surface area contributed by atoms with Gasteiger partial charge in [-0.15, -0.1) is 6.58 Å². The first-order valence-corrected chi connectivity index (χ1v) is 3.66. The summed E-state index contributed by atoms with van der Waals surface area (Å²) in [5, 5.41) is 9.44. The van der Waals surface area contributed by atoms with Gasteiger partial charge in [0.05, 0.1) is 5.60 Å². The molecular weight excluding hydrogens is 136 g/mol. The van der Waals surface area contributed by atoms with Crippen molar-refractivity contribution in [2.75, 3.05) is 0 Å². The summed E-state index contributed by atoms with van der Waals surface area (Å²) >= 11 is 0. The van der Waals surface area contributed by atoms with E-state index >= 15 is 0 Å². The van der Waals surface area contributed by atoms with Crippen LogP contribution in [0.25, 0.3) is 0 Å². The molecule has 0 heterocycles. The van der Waals surface area contributed by atoms with Crippen LogP contribution in [0.1, 0.15) is 20.3 Å². The van der Waals surface area contributed by atoms with Gasteiger partial charge in [0.2, 0.25) is 0 Å². The summed E-state index contributed by atoms with van der Waals surface area (Å²) in [7, 11) is 0. The molecule has 1 heteroatoms. The number of aliphatic hydroxyl groups is 1. The van der Waals surface area contributed by atoms with Crippen LogP contribution in [-0.2, 0) is 0 Å². The van der Waals surface area contributed by atoms with Gasteiger partial charge in [-0.25, -0.2) is 0 Å². The molecule has 0 saturated heterocycles. The Kier molecular flexibility index (Phi) is 3.83. The molecule has 0 rings (SSSR count). The summed E-state index contributed by atoms with van der Waals surface area (Å²) in [5.41, 5.74) is 0.205. The lowest BCUT2D eigenvalue weighted by molar-refractivity contribution is 0.115. The highest BCUT2D eigenvalue weighted by Crippen LogP contribution is 2.10. The maximum atomic E-state index is 9.44. The van der Waals surface area contributed by atoms with Crippen molar-refractivity contribution >= 4 is 0 Å². The van der Waals surface area contributed by atoms with Gasteiger partial charge in [0.15, 0.2) is 0 Å². The number of hydrogen-bond acceptors (Lipinski definition) is 1. The lowest BCUT2D eigenvalue weighted by Crippen LogP contribution is -2.18. The SMILES string of the molecule is C=C[C@@](C)(O)CC=CC(=C)C. The van der Waals surface area contributed by atoms with Crippen molar-refractivity contribution in [3.05, 3.63) is 37.0 Å². The average Bonchev–Trinajstić information content (AvgIpc) is 1.87. The van der Waals surface area contributed by atoms with Crippen molar-refractivity contribution in [2.45, 2.75) is 25.9 Å². The molecule has 0 saturated carbocycles. The van der Waals surface area contributed by atoms with Crippen LogP contribution in [0.3, 0.4) is 0 Å². The minimum Gasteiger partial charge on any atom is -0.386 e. The van der Waals surface area contributed by atoms with Crippen LogP contribution in [0.15, 0.2) is 37.0 Å². The maximum Gasteiger partial charge on any atom is 0.0831 e. The molecule has 0 amide bonds. The third kappa shape index (κ3) is 5.62. The molecule has 0 aromatic carbocycles. The van der Waals surface area contributed by atoms with Gasteiger partial charge in [0.1, 0.15) is 0 Å². The van der Waals surface area contributed by atoms with Crippen LogP contribution < -0.4 is 0 Å². The van der Waals surface area contributed by atoms with Gasteiger partial charge in [-0.2, -0.15) is 0 Å². The average molecular weight is 152 g/mol. The van der Waals surface area contributed by atoms with E-state index in [1.807, 2.05) is 19.1 Å².